The number of imidazole rings is 1. The molecule has 0 atom stereocenters. The maximum Gasteiger partial charge on any atom is 0.229 e. The Morgan fingerprint density at radius 1 is 1.09 bits per heavy atom. The lowest BCUT2D eigenvalue weighted by Crippen LogP contribution is -2.30. The van der Waals surface area contributed by atoms with Gasteiger partial charge in [0.1, 0.15) is 22.9 Å². The van der Waals surface area contributed by atoms with Crippen LogP contribution in [0.25, 0.3) is 22.3 Å². The number of hydrogen-bond acceptors (Lipinski definition) is 6. The third kappa shape index (κ3) is 3.93. The van der Waals surface area contributed by atoms with Crippen molar-refractivity contribution in [1.82, 2.24) is 29.4 Å². The van der Waals surface area contributed by atoms with Crippen molar-refractivity contribution in [2.24, 2.45) is 0 Å². The highest BCUT2D eigenvalue weighted by Crippen LogP contribution is 2.37. The summed E-state index contributed by atoms with van der Waals surface area (Å²) in [6, 6.07) is 7.33. The Kier molecular flexibility index (Phi) is 5.44. The second kappa shape index (κ2) is 8.64. The molecule has 9 heteroatoms. The van der Waals surface area contributed by atoms with Crippen LogP contribution >= 0.6 is 0 Å². The molecule has 0 radical (unpaired) electrons. The third-order valence-electron chi connectivity index (χ3n) is 7.20. The van der Waals surface area contributed by atoms with E-state index in [1.54, 1.807) is 6.07 Å². The number of fused-ring (bicyclic) bond motifs is 2. The number of benzene rings is 1. The summed E-state index contributed by atoms with van der Waals surface area (Å²) in [5, 5.41) is 3.10. The fourth-order valence-electron chi connectivity index (χ4n) is 5.07. The van der Waals surface area contributed by atoms with Crippen molar-refractivity contribution in [3.05, 3.63) is 59.2 Å². The van der Waals surface area contributed by atoms with Gasteiger partial charge in [-0.25, -0.2) is 28.7 Å². The Morgan fingerprint density at radius 3 is 2.71 bits per heavy atom. The topological polar surface area (TPSA) is 71.8 Å². The van der Waals surface area contributed by atoms with E-state index in [-0.39, 0.29) is 11.6 Å². The summed E-state index contributed by atoms with van der Waals surface area (Å²) < 4.78 is 31.9. The molecule has 1 fully saturated rings. The first-order chi connectivity index (χ1) is 17.0. The van der Waals surface area contributed by atoms with Crippen LogP contribution in [0.5, 0.6) is 0 Å². The molecule has 7 nitrogen and oxygen atoms in total. The molecule has 0 saturated heterocycles. The Balaban J connectivity index is 1.34. The second-order valence-corrected chi connectivity index (χ2v) is 9.38. The molecular formula is C26H27F2N7. The van der Waals surface area contributed by atoms with Gasteiger partial charge in [0.05, 0.1) is 11.7 Å². The van der Waals surface area contributed by atoms with Gasteiger partial charge in [0.2, 0.25) is 5.95 Å². The monoisotopic (exact) mass is 475 g/mol. The summed E-state index contributed by atoms with van der Waals surface area (Å²) in [5.74, 6) is 0.491. The van der Waals surface area contributed by atoms with E-state index in [0.717, 1.165) is 63.0 Å². The Hall–Kier alpha value is -3.46. The molecular weight excluding hydrogens is 448 g/mol. The summed E-state index contributed by atoms with van der Waals surface area (Å²) >= 11 is 0. The standard InChI is InChI=1S/C26H27F2N7/c1-3-34-10-9-21-16(14-34)7-8-23(31-21)32-26-29-13-20(28)24(33-26)17-11-19(27)25-22(12-17)35(15(2)30-25)18-5-4-6-18/h7-8,11-13,18H,3-6,9-10,14H2,1-2H3,(H,29,31,32,33). The van der Waals surface area contributed by atoms with Crippen molar-refractivity contribution in [2.75, 3.05) is 18.4 Å². The minimum absolute atomic E-state index is 0.0406. The Morgan fingerprint density at radius 2 is 1.94 bits per heavy atom. The van der Waals surface area contributed by atoms with E-state index in [0.29, 0.717) is 28.5 Å². The average molecular weight is 476 g/mol. The van der Waals surface area contributed by atoms with E-state index >= 15 is 4.39 Å². The molecule has 1 aromatic carbocycles. The lowest BCUT2D eigenvalue weighted by Gasteiger charge is -2.28. The Bertz CT molecular complexity index is 1430. The zero-order valence-electron chi connectivity index (χ0n) is 19.9. The van der Waals surface area contributed by atoms with Gasteiger partial charge in [-0.1, -0.05) is 13.0 Å². The van der Waals surface area contributed by atoms with Gasteiger partial charge in [0, 0.05) is 36.8 Å². The highest BCUT2D eigenvalue weighted by Gasteiger charge is 2.25. The summed E-state index contributed by atoms with van der Waals surface area (Å²) in [6.45, 7) is 6.92. The highest BCUT2D eigenvalue weighted by molar-refractivity contribution is 5.83. The zero-order valence-corrected chi connectivity index (χ0v) is 19.9. The van der Waals surface area contributed by atoms with E-state index in [1.165, 1.54) is 11.6 Å². The van der Waals surface area contributed by atoms with Gasteiger partial charge < -0.3 is 9.88 Å². The van der Waals surface area contributed by atoms with Crippen molar-refractivity contribution >= 4 is 22.8 Å². The van der Waals surface area contributed by atoms with Crippen LogP contribution in [0, 0.1) is 18.6 Å². The van der Waals surface area contributed by atoms with Crippen LogP contribution in [-0.4, -0.2) is 42.5 Å². The van der Waals surface area contributed by atoms with Gasteiger partial charge in [0.25, 0.3) is 0 Å². The molecule has 180 valence electrons. The second-order valence-electron chi connectivity index (χ2n) is 9.38. The van der Waals surface area contributed by atoms with E-state index in [2.05, 4.69) is 42.7 Å². The van der Waals surface area contributed by atoms with Gasteiger partial charge in [-0.05, 0) is 56.5 Å². The van der Waals surface area contributed by atoms with Gasteiger partial charge >= 0.3 is 0 Å². The predicted molar refractivity (Wildman–Crippen MR) is 130 cm³/mol. The lowest BCUT2D eigenvalue weighted by atomic mass is 9.92. The van der Waals surface area contributed by atoms with E-state index in [4.69, 9.17) is 4.98 Å². The number of halogens is 2. The number of rotatable bonds is 5. The first-order valence-corrected chi connectivity index (χ1v) is 12.2. The molecule has 2 aliphatic rings. The molecule has 0 spiro atoms. The molecule has 3 aromatic heterocycles. The number of hydrogen-bond donors (Lipinski definition) is 1. The van der Waals surface area contributed by atoms with Crippen molar-refractivity contribution in [3.63, 3.8) is 0 Å². The maximum absolute atomic E-state index is 15.0. The number of nitrogens with zero attached hydrogens (tertiary/aromatic N) is 6. The molecule has 4 heterocycles. The lowest BCUT2D eigenvalue weighted by molar-refractivity contribution is 0.266. The first-order valence-electron chi connectivity index (χ1n) is 12.2. The molecule has 35 heavy (non-hydrogen) atoms. The highest BCUT2D eigenvalue weighted by atomic mass is 19.1. The number of nitrogens with one attached hydrogen (secondary N) is 1. The largest absolute Gasteiger partial charge is 0.325 e. The van der Waals surface area contributed by atoms with Crippen molar-refractivity contribution < 1.29 is 8.78 Å². The van der Waals surface area contributed by atoms with Crippen LogP contribution in [0.15, 0.2) is 30.5 Å². The van der Waals surface area contributed by atoms with Gasteiger partial charge in [-0.15, -0.1) is 0 Å². The zero-order chi connectivity index (χ0) is 24.1. The number of aromatic nitrogens is 5. The van der Waals surface area contributed by atoms with Crippen LogP contribution in [0.1, 0.15) is 49.3 Å². The van der Waals surface area contributed by atoms with Crippen LogP contribution < -0.4 is 5.32 Å². The van der Waals surface area contributed by atoms with Crippen LogP contribution in [-0.2, 0) is 13.0 Å². The van der Waals surface area contributed by atoms with Crippen LogP contribution in [0.3, 0.4) is 0 Å². The molecule has 4 aromatic rings. The fourth-order valence-corrected chi connectivity index (χ4v) is 5.07. The third-order valence-corrected chi connectivity index (χ3v) is 7.20. The van der Waals surface area contributed by atoms with E-state index < -0.39 is 11.6 Å². The molecule has 1 aliphatic heterocycles. The van der Waals surface area contributed by atoms with Gasteiger partial charge in [-0.3, -0.25) is 4.90 Å². The minimum Gasteiger partial charge on any atom is -0.325 e. The van der Waals surface area contributed by atoms with E-state index in [9.17, 15) is 4.39 Å². The maximum atomic E-state index is 15.0. The van der Waals surface area contributed by atoms with Crippen LogP contribution in [0.2, 0.25) is 0 Å². The SMILES string of the molecule is CCN1CCc2nc(Nc3ncc(F)c(-c4cc(F)c5nc(C)n(C6CCC6)c5c4)n3)ccc2C1. The average Bonchev–Trinajstić information content (AvgIpc) is 3.15. The van der Waals surface area contributed by atoms with Crippen LogP contribution in [0.4, 0.5) is 20.5 Å². The van der Waals surface area contributed by atoms with E-state index in [1.807, 2.05) is 13.0 Å². The summed E-state index contributed by atoms with van der Waals surface area (Å²) in [5.41, 5.74) is 3.65. The first kappa shape index (κ1) is 22.0. The molecule has 6 rings (SSSR count). The molecule has 1 saturated carbocycles. The summed E-state index contributed by atoms with van der Waals surface area (Å²) in [7, 11) is 0. The normalized spacial score (nSPS) is 16.3. The number of aryl methyl sites for hydroxylation is 1. The molecule has 0 unspecified atom stereocenters. The molecule has 1 N–H and O–H groups in total. The quantitative estimate of drug-likeness (QED) is 0.421. The molecule has 0 bridgehead atoms. The fraction of sp³-hybridized carbons (Fsp3) is 0.385. The minimum atomic E-state index is -0.612. The number of pyridine rings is 1. The van der Waals surface area contributed by atoms with Crippen molar-refractivity contribution in [3.8, 4) is 11.3 Å². The number of anilines is 2. The van der Waals surface area contributed by atoms with Crippen molar-refractivity contribution in [2.45, 2.75) is 52.1 Å². The van der Waals surface area contributed by atoms with Gasteiger partial charge in [-0.2, -0.15) is 0 Å². The smallest absolute Gasteiger partial charge is 0.229 e. The van der Waals surface area contributed by atoms with Gasteiger partial charge in [0.15, 0.2) is 11.6 Å². The Labute approximate surface area is 202 Å². The molecule has 1 aliphatic carbocycles. The predicted octanol–water partition coefficient (Wildman–Crippen LogP) is 5.32. The summed E-state index contributed by atoms with van der Waals surface area (Å²) in [4.78, 5) is 20.0. The van der Waals surface area contributed by atoms with Crippen molar-refractivity contribution in [1.29, 1.82) is 0 Å². The summed E-state index contributed by atoms with van der Waals surface area (Å²) in [6.07, 6.45) is 5.21. The molecule has 0 amide bonds. The number of likely N-dealkylation sites (N-methyl/N-ethyl adjacent to an activating group) is 1.